The van der Waals surface area contributed by atoms with Gasteiger partial charge in [0.25, 0.3) is 11.5 Å². The van der Waals surface area contributed by atoms with Gasteiger partial charge in [0.05, 0.1) is 41.4 Å². The Kier molecular flexibility index (Phi) is 9.08. The van der Waals surface area contributed by atoms with Crippen molar-refractivity contribution in [1.29, 1.82) is 5.26 Å². The summed E-state index contributed by atoms with van der Waals surface area (Å²) in [6.07, 6.45) is 2.08. The van der Waals surface area contributed by atoms with E-state index in [1.54, 1.807) is 17.0 Å². The maximum Gasteiger partial charge on any atom is 0.362 e. The summed E-state index contributed by atoms with van der Waals surface area (Å²) in [5.41, 5.74) is -2.26. The molecule has 0 radical (unpaired) electrons. The van der Waals surface area contributed by atoms with E-state index in [1.165, 1.54) is 24.1 Å². The molecule has 16 heteroatoms. The summed E-state index contributed by atoms with van der Waals surface area (Å²) in [7, 11) is 1.26. The molecule has 2 fully saturated rings. The van der Waals surface area contributed by atoms with Crippen molar-refractivity contribution in [3.05, 3.63) is 78.9 Å². The average Bonchev–Trinajstić information content (AvgIpc) is 3.79. The standard InChI is InChI=1S/C31H25Cl3F3N5O4S/c1-46-26-20(41-11-3-10-40(30(41)45)16-6-7-16)12-15-14-42(19(8-9-38)23(15)25(26)35)29(44)24-21(13-22(31(34,36)37)39-28(24)43)47-27-17(32)4-2-5-18(27)33/h2,4-5,12-13,16,19H,3,6-8,10-11,14H2,1H3,(H,39,43). The Hall–Kier alpha value is -3.57. The molecule has 1 unspecified atom stereocenters. The third kappa shape index (κ3) is 6.12. The van der Waals surface area contributed by atoms with Crippen molar-refractivity contribution in [3.8, 4) is 11.8 Å². The van der Waals surface area contributed by atoms with Gasteiger partial charge < -0.3 is 19.5 Å². The lowest BCUT2D eigenvalue weighted by Gasteiger charge is -2.36. The number of carbonyl (C=O) groups excluding carboxylic acids is 2. The van der Waals surface area contributed by atoms with Crippen LogP contribution in [0.3, 0.4) is 0 Å². The zero-order valence-corrected chi connectivity index (χ0v) is 27.7. The lowest BCUT2D eigenvalue weighted by Crippen LogP contribution is -2.50. The highest BCUT2D eigenvalue weighted by Gasteiger charge is 2.43. The molecule has 2 aromatic carbocycles. The van der Waals surface area contributed by atoms with Gasteiger partial charge in [0.1, 0.15) is 11.3 Å². The molecular weight excluding hydrogens is 702 g/mol. The fraction of sp³-hybridized carbons (Fsp3) is 0.355. The molecule has 0 spiro atoms. The van der Waals surface area contributed by atoms with Crippen LogP contribution in [0, 0.1) is 17.1 Å². The van der Waals surface area contributed by atoms with Crippen LogP contribution in [0.4, 0.5) is 23.7 Å². The SMILES string of the molecule is COc1c(N2CCCN(C3CC3)C2=O)cc2c(c1F)C(CC#N)N(C(=O)c1c(Sc3c(Cl)cccc3Cl)cc(C(F)(F)Cl)[nH]c1=O)C2. The second-order valence-corrected chi connectivity index (χ2v) is 13.6. The molecule has 3 heterocycles. The van der Waals surface area contributed by atoms with Gasteiger partial charge in [-0.25, -0.2) is 9.18 Å². The van der Waals surface area contributed by atoms with Crippen molar-refractivity contribution in [1.82, 2.24) is 14.8 Å². The number of urea groups is 1. The van der Waals surface area contributed by atoms with Gasteiger partial charge in [0, 0.05) is 41.0 Å². The van der Waals surface area contributed by atoms with Crippen LogP contribution >= 0.6 is 46.6 Å². The van der Waals surface area contributed by atoms with E-state index in [0.29, 0.717) is 36.8 Å². The van der Waals surface area contributed by atoms with Crippen molar-refractivity contribution in [2.24, 2.45) is 0 Å². The number of amides is 3. The van der Waals surface area contributed by atoms with E-state index in [0.717, 1.165) is 23.8 Å². The number of halogens is 6. The molecule has 9 nitrogen and oxygen atoms in total. The summed E-state index contributed by atoms with van der Waals surface area (Å²) in [5.74, 6) is -2.04. The van der Waals surface area contributed by atoms with Gasteiger partial charge >= 0.3 is 11.4 Å². The average molecular weight is 727 g/mol. The van der Waals surface area contributed by atoms with E-state index >= 15 is 4.39 Å². The predicted octanol–water partition coefficient (Wildman–Crippen LogP) is 7.67. The molecule has 1 atom stereocenters. The summed E-state index contributed by atoms with van der Waals surface area (Å²) in [4.78, 5) is 47.3. The molecule has 1 N–H and O–H groups in total. The van der Waals surface area contributed by atoms with Crippen molar-refractivity contribution >= 4 is 64.2 Å². The van der Waals surface area contributed by atoms with Crippen LogP contribution in [-0.2, 0) is 11.9 Å². The fourth-order valence-corrected chi connectivity index (χ4v) is 7.77. The molecule has 246 valence electrons. The normalized spacial score (nSPS) is 18.0. The summed E-state index contributed by atoms with van der Waals surface area (Å²) in [6, 6.07) is 7.59. The largest absolute Gasteiger partial charge is 0.492 e. The van der Waals surface area contributed by atoms with Gasteiger partial charge in [-0.05, 0) is 60.7 Å². The van der Waals surface area contributed by atoms with Gasteiger partial charge in [0.2, 0.25) is 0 Å². The van der Waals surface area contributed by atoms with E-state index in [-0.39, 0.29) is 61.9 Å². The maximum atomic E-state index is 16.4. The zero-order valence-electron chi connectivity index (χ0n) is 24.6. The Balaban J connectivity index is 1.44. The van der Waals surface area contributed by atoms with Crippen molar-refractivity contribution < 1.29 is 27.5 Å². The molecule has 0 bridgehead atoms. The Morgan fingerprint density at radius 1 is 1.19 bits per heavy atom. The van der Waals surface area contributed by atoms with Crippen LogP contribution in [0.1, 0.15) is 58.9 Å². The first-order valence-electron chi connectivity index (χ1n) is 14.5. The quantitative estimate of drug-likeness (QED) is 0.239. The number of H-pyrrole nitrogens is 1. The lowest BCUT2D eigenvalue weighted by molar-refractivity contribution is 0.0682. The minimum atomic E-state index is -4.00. The summed E-state index contributed by atoms with van der Waals surface area (Å²) in [6.45, 7) is 0.649. The van der Waals surface area contributed by atoms with Crippen LogP contribution in [0.2, 0.25) is 10.0 Å². The van der Waals surface area contributed by atoms with E-state index in [2.05, 4.69) is 0 Å². The number of rotatable bonds is 8. The van der Waals surface area contributed by atoms with Gasteiger partial charge in [-0.15, -0.1) is 0 Å². The molecule has 47 heavy (non-hydrogen) atoms. The van der Waals surface area contributed by atoms with Gasteiger partial charge in [-0.1, -0.05) is 41.0 Å². The van der Waals surface area contributed by atoms with Gasteiger partial charge in [-0.2, -0.15) is 14.0 Å². The molecular formula is C31H25Cl3F3N5O4S. The topological polar surface area (TPSA) is 110 Å². The van der Waals surface area contributed by atoms with E-state index in [1.807, 2.05) is 11.1 Å². The number of carbonyl (C=O) groups is 2. The maximum absolute atomic E-state index is 16.4. The van der Waals surface area contributed by atoms with E-state index in [9.17, 15) is 28.4 Å². The number of aromatic amines is 1. The first kappa shape index (κ1) is 33.3. The number of nitrogens with one attached hydrogen (secondary N) is 1. The number of hydrogen-bond acceptors (Lipinski definition) is 6. The number of anilines is 1. The smallest absolute Gasteiger partial charge is 0.362 e. The number of benzene rings is 2. The van der Waals surface area contributed by atoms with Crippen LogP contribution in [0.5, 0.6) is 5.75 Å². The molecule has 2 aliphatic heterocycles. The number of nitriles is 1. The molecule has 1 saturated carbocycles. The summed E-state index contributed by atoms with van der Waals surface area (Å²) in [5, 5.41) is 5.98. The Bertz CT molecular complexity index is 1880. The number of ether oxygens (including phenoxy) is 1. The fourth-order valence-electron chi connectivity index (χ4n) is 6.03. The van der Waals surface area contributed by atoms with Crippen LogP contribution in [-0.4, -0.2) is 53.0 Å². The third-order valence-corrected chi connectivity index (χ3v) is 10.6. The number of fused-ring (bicyclic) bond motifs is 1. The highest BCUT2D eigenvalue weighted by molar-refractivity contribution is 7.99. The first-order chi connectivity index (χ1) is 22.3. The number of nitrogens with zero attached hydrogens (tertiary/aromatic N) is 4. The van der Waals surface area contributed by atoms with Gasteiger partial charge in [0.15, 0.2) is 11.6 Å². The Labute approximate surface area is 286 Å². The first-order valence-corrected chi connectivity index (χ1v) is 16.4. The van der Waals surface area contributed by atoms with Crippen LogP contribution in [0.25, 0.3) is 0 Å². The third-order valence-electron chi connectivity index (χ3n) is 8.31. The number of aromatic nitrogens is 1. The molecule has 1 saturated heterocycles. The molecule has 3 amide bonds. The van der Waals surface area contributed by atoms with E-state index in [4.69, 9.17) is 39.5 Å². The van der Waals surface area contributed by atoms with Crippen molar-refractivity contribution in [2.75, 3.05) is 25.1 Å². The predicted molar refractivity (Wildman–Crippen MR) is 170 cm³/mol. The van der Waals surface area contributed by atoms with Gasteiger partial charge in [-0.3, -0.25) is 14.5 Å². The molecule has 3 aliphatic rings. The molecule has 3 aromatic rings. The monoisotopic (exact) mass is 725 g/mol. The number of pyridine rings is 1. The Morgan fingerprint density at radius 2 is 1.89 bits per heavy atom. The second-order valence-electron chi connectivity index (χ2n) is 11.2. The Morgan fingerprint density at radius 3 is 2.51 bits per heavy atom. The number of alkyl halides is 3. The summed E-state index contributed by atoms with van der Waals surface area (Å²) < 4.78 is 50.3. The van der Waals surface area contributed by atoms with E-state index < -0.39 is 40.0 Å². The highest BCUT2D eigenvalue weighted by atomic mass is 35.5. The highest BCUT2D eigenvalue weighted by Crippen LogP contribution is 2.47. The van der Waals surface area contributed by atoms with Crippen molar-refractivity contribution in [2.45, 2.75) is 59.5 Å². The number of hydrogen-bond donors (Lipinski definition) is 1. The minimum Gasteiger partial charge on any atom is -0.492 e. The zero-order chi connectivity index (χ0) is 33.8. The van der Waals surface area contributed by atoms with Crippen molar-refractivity contribution in [3.63, 3.8) is 0 Å². The van der Waals surface area contributed by atoms with Crippen LogP contribution in [0.15, 0.2) is 44.9 Å². The minimum absolute atomic E-state index is 0.00676. The van der Waals surface area contributed by atoms with Crippen LogP contribution < -0.4 is 15.2 Å². The lowest BCUT2D eigenvalue weighted by atomic mass is 9.99. The molecule has 1 aliphatic carbocycles. The number of methoxy groups -OCH3 is 1. The molecule has 6 rings (SSSR count). The summed E-state index contributed by atoms with van der Waals surface area (Å²) >= 11 is 18.6. The molecule has 1 aromatic heterocycles. The second kappa shape index (κ2) is 12.8.